The van der Waals surface area contributed by atoms with E-state index in [-0.39, 0.29) is 5.56 Å². The predicted molar refractivity (Wildman–Crippen MR) is 99.7 cm³/mol. The molecule has 3 heterocycles. The van der Waals surface area contributed by atoms with Crippen molar-refractivity contribution in [1.82, 2.24) is 24.1 Å². The number of hydrogen-bond acceptors (Lipinski definition) is 4. The Morgan fingerprint density at radius 2 is 1.81 bits per heavy atom. The van der Waals surface area contributed by atoms with Gasteiger partial charge in [-0.05, 0) is 31.0 Å². The topological polar surface area (TPSA) is 65.1 Å². The maximum absolute atomic E-state index is 12.9. The van der Waals surface area contributed by atoms with Gasteiger partial charge in [-0.3, -0.25) is 9.36 Å². The Bertz CT molecular complexity index is 1140. The van der Waals surface area contributed by atoms with Crippen molar-refractivity contribution in [3.8, 4) is 5.69 Å². The number of hydrogen-bond donors (Lipinski definition) is 0. The van der Waals surface area contributed by atoms with Gasteiger partial charge in [0.15, 0.2) is 5.82 Å². The third kappa shape index (κ3) is 2.41. The van der Waals surface area contributed by atoms with E-state index >= 15 is 0 Å². The first-order valence-corrected chi connectivity index (χ1v) is 9.14. The van der Waals surface area contributed by atoms with E-state index in [1.165, 1.54) is 19.3 Å². The fraction of sp³-hybridized carbons (Fsp3) is 0.300. The van der Waals surface area contributed by atoms with E-state index in [2.05, 4.69) is 9.97 Å². The van der Waals surface area contributed by atoms with E-state index in [0.29, 0.717) is 17.1 Å². The minimum atomic E-state index is -0.0992. The summed E-state index contributed by atoms with van der Waals surface area (Å²) < 4.78 is 3.35. The van der Waals surface area contributed by atoms with Crippen LogP contribution in [0.1, 0.15) is 43.8 Å². The fourth-order valence-corrected chi connectivity index (χ4v) is 3.86. The molecule has 6 nitrogen and oxygen atoms in total. The lowest BCUT2D eigenvalue weighted by atomic mass is 9.89. The van der Waals surface area contributed by atoms with E-state index in [1.54, 1.807) is 21.5 Å². The van der Waals surface area contributed by atoms with Gasteiger partial charge in [-0.15, -0.1) is 5.10 Å². The molecular formula is C20H19N5O. The van der Waals surface area contributed by atoms with Crippen molar-refractivity contribution in [2.24, 2.45) is 0 Å². The molecule has 0 atom stereocenters. The molecule has 3 aromatic heterocycles. The molecule has 5 rings (SSSR count). The van der Waals surface area contributed by atoms with E-state index in [1.807, 2.05) is 36.4 Å². The van der Waals surface area contributed by atoms with Crippen molar-refractivity contribution in [2.45, 2.75) is 38.0 Å². The minimum absolute atomic E-state index is 0.0992. The van der Waals surface area contributed by atoms with Crippen LogP contribution in [0.4, 0.5) is 0 Å². The Labute approximate surface area is 150 Å². The Hall–Kier alpha value is -3.02. The van der Waals surface area contributed by atoms with E-state index < -0.39 is 0 Å². The summed E-state index contributed by atoms with van der Waals surface area (Å²) in [6.07, 6.45) is 9.44. The van der Waals surface area contributed by atoms with Gasteiger partial charge in [0.05, 0.1) is 10.9 Å². The first-order chi connectivity index (χ1) is 12.8. The highest BCUT2D eigenvalue weighted by molar-refractivity contribution is 5.78. The number of nitrogens with zero attached hydrogens (tertiary/aromatic N) is 5. The third-order valence-corrected chi connectivity index (χ3v) is 5.26. The molecule has 130 valence electrons. The van der Waals surface area contributed by atoms with Crippen molar-refractivity contribution < 1.29 is 0 Å². The van der Waals surface area contributed by atoms with E-state index in [9.17, 15) is 4.79 Å². The lowest BCUT2D eigenvalue weighted by molar-refractivity contribution is 0.429. The number of aromatic nitrogens is 5. The molecule has 1 saturated carbocycles. The van der Waals surface area contributed by atoms with Gasteiger partial charge in [0.25, 0.3) is 11.3 Å². The number of pyridine rings is 1. The smallest absolute Gasteiger partial charge is 0.266 e. The predicted octanol–water partition coefficient (Wildman–Crippen LogP) is 3.48. The molecule has 0 spiro atoms. The van der Waals surface area contributed by atoms with Gasteiger partial charge < -0.3 is 0 Å². The Kier molecular flexibility index (Phi) is 3.55. The number of rotatable bonds is 2. The van der Waals surface area contributed by atoms with Gasteiger partial charge in [0, 0.05) is 24.0 Å². The van der Waals surface area contributed by atoms with Crippen LogP contribution in [0.25, 0.3) is 22.4 Å². The summed E-state index contributed by atoms with van der Waals surface area (Å²) in [5, 5.41) is 5.25. The van der Waals surface area contributed by atoms with Crippen LogP contribution < -0.4 is 5.56 Å². The molecule has 1 aliphatic carbocycles. The standard InChI is InChI=1S/C20H19N5O/c26-19-16-13-21-20-22-18(14-7-3-1-4-8-14)23-25(20)17(16)11-12-24(19)15-9-5-2-6-10-15/h2,5-6,9-14H,1,3-4,7-8H2. The maximum atomic E-state index is 12.9. The normalized spacial score (nSPS) is 15.7. The molecule has 0 saturated heterocycles. The van der Waals surface area contributed by atoms with Gasteiger partial charge >= 0.3 is 0 Å². The van der Waals surface area contributed by atoms with Crippen molar-refractivity contribution in [1.29, 1.82) is 0 Å². The van der Waals surface area contributed by atoms with Gasteiger partial charge in [-0.25, -0.2) is 4.98 Å². The van der Waals surface area contributed by atoms with E-state index in [0.717, 1.165) is 29.9 Å². The van der Waals surface area contributed by atoms with Crippen molar-refractivity contribution >= 4 is 16.7 Å². The molecule has 6 heteroatoms. The Morgan fingerprint density at radius 1 is 1.00 bits per heavy atom. The molecule has 0 amide bonds. The van der Waals surface area contributed by atoms with Gasteiger partial charge in [0.2, 0.25) is 0 Å². The van der Waals surface area contributed by atoms with Crippen molar-refractivity contribution in [3.63, 3.8) is 0 Å². The van der Waals surface area contributed by atoms with Crippen LogP contribution in [0.5, 0.6) is 0 Å². The summed E-state index contributed by atoms with van der Waals surface area (Å²) in [7, 11) is 0. The molecule has 0 unspecified atom stereocenters. The molecule has 0 aliphatic heterocycles. The van der Waals surface area contributed by atoms with E-state index in [4.69, 9.17) is 5.10 Å². The molecule has 1 fully saturated rings. The molecule has 0 N–H and O–H groups in total. The second-order valence-corrected chi connectivity index (χ2v) is 6.90. The highest BCUT2D eigenvalue weighted by Gasteiger charge is 2.21. The van der Waals surface area contributed by atoms with Crippen LogP contribution in [0.2, 0.25) is 0 Å². The third-order valence-electron chi connectivity index (χ3n) is 5.26. The monoisotopic (exact) mass is 345 g/mol. The number of fused-ring (bicyclic) bond motifs is 3. The zero-order valence-electron chi connectivity index (χ0n) is 14.4. The number of para-hydroxylation sites is 1. The van der Waals surface area contributed by atoms with Crippen LogP contribution in [0.15, 0.2) is 53.6 Å². The first kappa shape index (κ1) is 15.3. The van der Waals surface area contributed by atoms with Gasteiger partial charge in [-0.2, -0.15) is 9.50 Å². The van der Waals surface area contributed by atoms with Crippen LogP contribution in [0.3, 0.4) is 0 Å². The average Bonchev–Trinajstić information content (AvgIpc) is 3.14. The van der Waals surface area contributed by atoms with Crippen LogP contribution >= 0.6 is 0 Å². The highest BCUT2D eigenvalue weighted by atomic mass is 16.1. The quantitative estimate of drug-likeness (QED) is 0.558. The Morgan fingerprint density at radius 3 is 2.62 bits per heavy atom. The summed E-state index contributed by atoms with van der Waals surface area (Å²) >= 11 is 0. The summed E-state index contributed by atoms with van der Waals surface area (Å²) in [6.45, 7) is 0. The molecule has 4 aromatic rings. The maximum Gasteiger partial charge on any atom is 0.266 e. The minimum Gasteiger partial charge on any atom is -0.284 e. The molecule has 0 bridgehead atoms. The SMILES string of the molecule is O=c1c2cnc3nc(C4CCCCC4)nn3c2ccn1-c1ccccc1. The summed E-state index contributed by atoms with van der Waals surface area (Å²) in [5.74, 6) is 1.83. The van der Waals surface area contributed by atoms with Crippen LogP contribution in [-0.4, -0.2) is 24.1 Å². The molecule has 26 heavy (non-hydrogen) atoms. The highest BCUT2D eigenvalue weighted by Crippen LogP contribution is 2.31. The van der Waals surface area contributed by atoms with Gasteiger partial charge in [0.1, 0.15) is 0 Å². The largest absolute Gasteiger partial charge is 0.284 e. The summed E-state index contributed by atoms with van der Waals surface area (Å²) in [4.78, 5) is 22.0. The zero-order valence-corrected chi connectivity index (χ0v) is 14.4. The molecule has 1 aromatic carbocycles. The zero-order chi connectivity index (χ0) is 17.5. The lowest BCUT2D eigenvalue weighted by Gasteiger charge is -2.17. The van der Waals surface area contributed by atoms with Crippen molar-refractivity contribution in [2.75, 3.05) is 0 Å². The fourth-order valence-electron chi connectivity index (χ4n) is 3.86. The second-order valence-electron chi connectivity index (χ2n) is 6.90. The lowest BCUT2D eigenvalue weighted by Crippen LogP contribution is -2.18. The summed E-state index contributed by atoms with van der Waals surface area (Å²) in [5.41, 5.74) is 1.49. The second kappa shape index (κ2) is 6.05. The molecule has 0 radical (unpaired) electrons. The average molecular weight is 345 g/mol. The van der Waals surface area contributed by atoms with Crippen LogP contribution in [-0.2, 0) is 0 Å². The number of benzene rings is 1. The van der Waals surface area contributed by atoms with Crippen LogP contribution in [0, 0.1) is 0 Å². The van der Waals surface area contributed by atoms with Gasteiger partial charge in [-0.1, -0.05) is 37.5 Å². The Balaban J connectivity index is 1.67. The van der Waals surface area contributed by atoms with Crippen molar-refractivity contribution in [3.05, 3.63) is 65.0 Å². The molecular weight excluding hydrogens is 326 g/mol. The molecule has 1 aliphatic rings. The summed E-state index contributed by atoms with van der Waals surface area (Å²) in [6, 6.07) is 11.5. The first-order valence-electron chi connectivity index (χ1n) is 9.14.